The molecule has 1 aliphatic rings. The van der Waals surface area contributed by atoms with E-state index >= 15 is 0 Å². The minimum Gasteiger partial charge on any atom is -0.398 e. The summed E-state index contributed by atoms with van der Waals surface area (Å²) in [4.78, 5) is 14.1. The maximum Gasteiger partial charge on any atom is 0.255 e. The van der Waals surface area contributed by atoms with Gasteiger partial charge in [-0.15, -0.1) is 0 Å². The van der Waals surface area contributed by atoms with Crippen molar-refractivity contribution in [3.05, 3.63) is 28.2 Å². The van der Waals surface area contributed by atoms with E-state index in [2.05, 4.69) is 15.9 Å². The molecular weight excluding hydrogens is 296 g/mol. The largest absolute Gasteiger partial charge is 0.398 e. The zero-order valence-electron chi connectivity index (χ0n) is 10.4. The van der Waals surface area contributed by atoms with Gasteiger partial charge in [-0.25, -0.2) is 0 Å². The molecule has 1 fully saturated rings. The lowest BCUT2D eigenvalue weighted by molar-refractivity contribution is 0.0362. The van der Waals surface area contributed by atoms with E-state index in [0.717, 1.165) is 30.5 Å². The van der Waals surface area contributed by atoms with Crippen LogP contribution in [0, 0.1) is 0 Å². The second-order valence-electron chi connectivity index (χ2n) is 4.49. The first-order chi connectivity index (χ1) is 8.59. The smallest absolute Gasteiger partial charge is 0.255 e. The monoisotopic (exact) mass is 312 g/mol. The molecule has 0 atom stereocenters. The number of ether oxygens (including phenoxy) is 1. The summed E-state index contributed by atoms with van der Waals surface area (Å²) in [5, 5.41) is 0. The highest BCUT2D eigenvalue weighted by Crippen LogP contribution is 2.22. The standard InChI is InChI=1S/C13H17BrN2O2/c1-16(10-4-6-18-7-5-10)13(17)11-3-2-9(14)8-12(11)15/h2-3,8,10H,4-7,15H2,1H3. The topological polar surface area (TPSA) is 55.6 Å². The summed E-state index contributed by atoms with van der Waals surface area (Å²) in [6, 6.07) is 5.60. The second kappa shape index (κ2) is 5.71. The van der Waals surface area contributed by atoms with Crippen molar-refractivity contribution in [3.63, 3.8) is 0 Å². The van der Waals surface area contributed by atoms with Crippen molar-refractivity contribution in [2.75, 3.05) is 26.0 Å². The number of halogens is 1. The van der Waals surface area contributed by atoms with Crippen LogP contribution < -0.4 is 5.73 Å². The summed E-state index contributed by atoms with van der Waals surface area (Å²) in [5.41, 5.74) is 6.96. The Morgan fingerprint density at radius 1 is 1.44 bits per heavy atom. The molecule has 1 aromatic rings. The van der Waals surface area contributed by atoms with Crippen molar-refractivity contribution in [3.8, 4) is 0 Å². The van der Waals surface area contributed by atoms with E-state index in [-0.39, 0.29) is 11.9 Å². The van der Waals surface area contributed by atoms with Crippen LogP contribution in [0.15, 0.2) is 22.7 Å². The maximum absolute atomic E-state index is 12.4. The molecule has 0 aromatic heterocycles. The van der Waals surface area contributed by atoms with E-state index in [1.165, 1.54) is 0 Å². The molecule has 1 aliphatic heterocycles. The molecule has 18 heavy (non-hydrogen) atoms. The fraction of sp³-hybridized carbons (Fsp3) is 0.462. The molecule has 1 heterocycles. The SMILES string of the molecule is CN(C(=O)c1ccc(Br)cc1N)C1CCOCC1. The molecule has 0 radical (unpaired) electrons. The highest BCUT2D eigenvalue weighted by molar-refractivity contribution is 9.10. The molecule has 0 aliphatic carbocycles. The lowest BCUT2D eigenvalue weighted by Gasteiger charge is -2.31. The number of anilines is 1. The number of carbonyl (C=O) groups excluding carboxylic acids is 1. The molecule has 5 heteroatoms. The third-order valence-corrected chi connectivity index (χ3v) is 3.80. The van der Waals surface area contributed by atoms with Crippen molar-refractivity contribution in [1.29, 1.82) is 0 Å². The molecule has 2 N–H and O–H groups in total. The highest BCUT2D eigenvalue weighted by Gasteiger charge is 2.24. The average Bonchev–Trinajstić information content (AvgIpc) is 2.38. The van der Waals surface area contributed by atoms with Crippen LogP contribution in [0.5, 0.6) is 0 Å². The first-order valence-corrected chi connectivity index (χ1v) is 6.79. The first kappa shape index (κ1) is 13.4. The first-order valence-electron chi connectivity index (χ1n) is 5.99. The Morgan fingerprint density at radius 3 is 2.72 bits per heavy atom. The van der Waals surface area contributed by atoms with E-state index in [1.807, 2.05) is 13.1 Å². The zero-order valence-corrected chi connectivity index (χ0v) is 11.9. The summed E-state index contributed by atoms with van der Waals surface area (Å²) in [6.07, 6.45) is 1.78. The van der Waals surface area contributed by atoms with Gasteiger partial charge in [-0.3, -0.25) is 4.79 Å². The predicted octanol–water partition coefficient (Wildman–Crippen LogP) is 2.28. The van der Waals surface area contributed by atoms with Crippen molar-refractivity contribution in [1.82, 2.24) is 4.90 Å². The van der Waals surface area contributed by atoms with Crippen molar-refractivity contribution in [2.45, 2.75) is 18.9 Å². The summed E-state index contributed by atoms with van der Waals surface area (Å²) >= 11 is 3.34. The lowest BCUT2D eigenvalue weighted by atomic mass is 10.1. The number of nitrogens with two attached hydrogens (primary N) is 1. The molecular formula is C13H17BrN2O2. The van der Waals surface area contributed by atoms with E-state index in [0.29, 0.717) is 11.3 Å². The number of benzene rings is 1. The van der Waals surface area contributed by atoms with Crippen molar-refractivity contribution < 1.29 is 9.53 Å². The third-order valence-electron chi connectivity index (χ3n) is 3.30. The number of carbonyl (C=O) groups is 1. The Morgan fingerprint density at radius 2 is 2.11 bits per heavy atom. The molecule has 2 rings (SSSR count). The van der Waals surface area contributed by atoms with Gasteiger partial charge in [-0.05, 0) is 31.0 Å². The van der Waals surface area contributed by atoms with Crippen LogP contribution >= 0.6 is 15.9 Å². The van der Waals surface area contributed by atoms with Gasteiger partial charge in [0.15, 0.2) is 0 Å². The van der Waals surface area contributed by atoms with Crippen LogP contribution in [0.1, 0.15) is 23.2 Å². The number of amides is 1. The third kappa shape index (κ3) is 2.84. The molecule has 4 nitrogen and oxygen atoms in total. The van der Waals surface area contributed by atoms with Gasteiger partial charge in [0.05, 0.1) is 5.56 Å². The number of hydrogen-bond acceptors (Lipinski definition) is 3. The van der Waals surface area contributed by atoms with Crippen LogP contribution in [0.4, 0.5) is 5.69 Å². The molecule has 0 unspecified atom stereocenters. The zero-order chi connectivity index (χ0) is 13.1. The number of nitrogen functional groups attached to an aromatic ring is 1. The van der Waals surface area contributed by atoms with Gasteiger partial charge in [-0.2, -0.15) is 0 Å². The van der Waals surface area contributed by atoms with E-state index in [9.17, 15) is 4.79 Å². The average molecular weight is 313 g/mol. The van der Waals surface area contributed by atoms with Crippen LogP contribution in [-0.4, -0.2) is 37.1 Å². The second-order valence-corrected chi connectivity index (χ2v) is 5.41. The van der Waals surface area contributed by atoms with E-state index in [4.69, 9.17) is 10.5 Å². The Hall–Kier alpha value is -1.07. The van der Waals surface area contributed by atoms with Crippen LogP contribution in [0.25, 0.3) is 0 Å². The van der Waals surface area contributed by atoms with Crippen LogP contribution in [0.3, 0.4) is 0 Å². The van der Waals surface area contributed by atoms with Crippen molar-refractivity contribution in [2.24, 2.45) is 0 Å². The molecule has 0 bridgehead atoms. The number of nitrogens with zero attached hydrogens (tertiary/aromatic N) is 1. The van der Waals surface area contributed by atoms with Gasteiger partial charge in [0.25, 0.3) is 5.91 Å². The molecule has 1 saturated heterocycles. The Kier molecular flexibility index (Phi) is 4.24. The minimum absolute atomic E-state index is 0.0214. The normalized spacial score (nSPS) is 16.6. The summed E-state index contributed by atoms with van der Waals surface area (Å²) < 4.78 is 6.19. The molecule has 0 spiro atoms. The fourth-order valence-electron chi connectivity index (χ4n) is 2.16. The van der Waals surface area contributed by atoms with Gasteiger partial charge in [-0.1, -0.05) is 15.9 Å². The summed E-state index contributed by atoms with van der Waals surface area (Å²) in [5.74, 6) is -0.0214. The van der Waals surface area contributed by atoms with E-state index in [1.54, 1.807) is 17.0 Å². The Labute approximate surface area is 115 Å². The number of rotatable bonds is 2. The molecule has 98 valence electrons. The summed E-state index contributed by atoms with van der Waals surface area (Å²) in [7, 11) is 1.83. The van der Waals surface area contributed by atoms with Gasteiger partial charge < -0.3 is 15.4 Å². The molecule has 0 saturated carbocycles. The van der Waals surface area contributed by atoms with Gasteiger partial charge in [0, 0.05) is 36.5 Å². The lowest BCUT2D eigenvalue weighted by Crippen LogP contribution is -2.40. The maximum atomic E-state index is 12.4. The highest BCUT2D eigenvalue weighted by atomic mass is 79.9. The molecule has 1 amide bonds. The quantitative estimate of drug-likeness (QED) is 0.852. The Bertz CT molecular complexity index is 445. The Balaban J connectivity index is 2.14. The van der Waals surface area contributed by atoms with Crippen molar-refractivity contribution >= 4 is 27.5 Å². The van der Waals surface area contributed by atoms with Gasteiger partial charge in [0.2, 0.25) is 0 Å². The van der Waals surface area contributed by atoms with E-state index < -0.39 is 0 Å². The van der Waals surface area contributed by atoms with Crippen LogP contribution in [0.2, 0.25) is 0 Å². The number of hydrogen-bond donors (Lipinski definition) is 1. The minimum atomic E-state index is -0.0214. The summed E-state index contributed by atoms with van der Waals surface area (Å²) in [6.45, 7) is 1.44. The van der Waals surface area contributed by atoms with Gasteiger partial charge in [0.1, 0.15) is 0 Å². The van der Waals surface area contributed by atoms with Crippen LogP contribution in [-0.2, 0) is 4.74 Å². The van der Waals surface area contributed by atoms with Gasteiger partial charge >= 0.3 is 0 Å². The molecule has 1 aromatic carbocycles. The fourth-order valence-corrected chi connectivity index (χ4v) is 2.54. The predicted molar refractivity (Wildman–Crippen MR) is 74.5 cm³/mol.